The minimum Gasteiger partial charge on any atom is -0.508 e. The SMILES string of the molecule is Cc1cc(C(=O)NCCc2ccc(O)cc2)sc1Br. The van der Waals surface area contributed by atoms with E-state index in [1.165, 1.54) is 11.3 Å². The molecule has 1 amide bonds. The molecule has 3 nitrogen and oxygen atoms in total. The van der Waals surface area contributed by atoms with Crippen molar-refractivity contribution < 1.29 is 9.90 Å². The van der Waals surface area contributed by atoms with Crippen LogP contribution in [0.1, 0.15) is 20.8 Å². The van der Waals surface area contributed by atoms with E-state index in [4.69, 9.17) is 0 Å². The smallest absolute Gasteiger partial charge is 0.261 e. The lowest BCUT2D eigenvalue weighted by Crippen LogP contribution is -2.24. The Labute approximate surface area is 124 Å². The topological polar surface area (TPSA) is 49.3 Å². The van der Waals surface area contributed by atoms with Crippen LogP contribution in [-0.2, 0) is 6.42 Å². The van der Waals surface area contributed by atoms with Crippen molar-refractivity contribution >= 4 is 33.2 Å². The molecule has 0 unspecified atom stereocenters. The van der Waals surface area contributed by atoms with Crippen LogP contribution in [0.15, 0.2) is 34.1 Å². The van der Waals surface area contributed by atoms with E-state index in [-0.39, 0.29) is 11.7 Å². The standard InChI is InChI=1S/C14H14BrNO2S/c1-9-8-12(19-13(9)15)14(18)16-7-6-10-2-4-11(17)5-3-10/h2-5,8,17H,6-7H2,1H3,(H,16,18). The van der Waals surface area contributed by atoms with E-state index >= 15 is 0 Å². The fraction of sp³-hybridized carbons (Fsp3) is 0.214. The maximum Gasteiger partial charge on any atom is 0.261 e. The Morgan fingerprint density at radius 3 is 2.63 bits per heavy atom. The van der Waals surface area contributed by atoms with Crippen molar-refractivity contribution in [3.05, 3.63) is 50.1 Å². The Morgan fingerprint density at radius 2 is 2.05 bits per heavy atom. The molecule has 0 aliphatic heterocycles. The maximum absolute atomic E-state index is 11.9. The first kappa shape index (κ1) is 14.1. The van der Waals surface area contributed by atoms with Gasteiger partial charge in [-0.1, -0.05) is 12.1 Å². The summed E-state index contributed by atoms with van der Waals surface area (Å²) < 4.78 is 0.996. The number of halogens is 1. The largest absolute Gasteiger partial charge is 0.508 e. The van der Waals surface area contributed by atoms with Gasteiger partial charge in [0.2, 0.25) is 0 Å². The number of benzene rings is 1. The second kappa shape index (κ2) is 6.21. The molecule has 0 bridgehead atoms. The molecule has 100 valence electrons. The van der Waals surface area contributed by atoms with Gasteiger partial charge in [0.15, 0.2) is 0 Å². The van der Waals surface area contributed by atoms with Gasteiger partial charge >= 0.3 is 0 Å². The fourth-order valence-electron chi connectivity index (χ4n) is 1.64. The highest BCUT2D eigenvalue weighted by molar-refractivity contribution is 9.11. The molecule has 0 saturated heterocycles. The Hall–Kier alpha value is -1.33. The summed E-state index contributed by atoms with van der Waals surface area (Å²) in [4.78, 5) is 12.6. The van der Waals surface area contributed by atoms with E-state index < -0.39 is 0 Å². The van der Waals surface area contributed by atoms with Gasteiger partial charge in [0.25, 0.3) is 5.91 Å². The van der Waals surface area contributed by atoms with Crippen molar-refractivity contribution in [3.8, 4) is 5.75 Å². The number of hydrogen-bond acceptors (Lipinski definition) is 3. The number of thiophene rings is 1. The van der Waals surface area contributed by atoms with E-state index in [0.717, 1.165) is 26.2 Å². The zero-order valence-corrected chi connectivity index (χ0v) is 12.8. The molecule has 1 aromatic carbocycles. The van der Waals surface area contributed by atoms with Crippen LogP contribution in [0.25, 0.3) is 0 Å². The normalized spacial score (nSPS) is 10.4. The predicted molar refractivity (Wildman–Crippen MR) is 80.9 cm³/mol. The number of nitrogens with one attached hydrogen (secondary N) is 1. The highest BCUT2D eigenvalue weighted by Gasteiger charge is 2.10. The number of carbonyl (C=O) groups excluding carboxylic acids is 1. The van der Waals surface area contributed by atoms with Gasteiger partial charge in [-0.3, -0.25) is 4.79 Å². The molecule has 2 N–H and O–H groups in total. The van der Waals surface area contributed by atoms with Gasteiger partial charge in [0.1, 0.15) is 5.75 Å². The second-order valence-corrected chi connectivity index (χ2v) is 6.61. The van der Waals surface area contributed by atoms with Gasteiger partial charge in [0.05, 0.1) is 8.66 Å². The molecule has 0 spiro atoms. The Morgan fingerprint density at radius 1 is 1.37 bits per heavy atom. The molecule has 1 aromatic heterocycles. The number of rotatable bonds is 4. The van der Waals surface area contributed by atoms with Crippen molar-refractivity contribution in [1.82, 2.24) is 5.32 Å². The summed E-state index contributed by atoms with van der Waals surface area (Å²) in [5.41, 5.74) is 2.16. The molecular formula is C14H14BrNO2S. The van der Waals surface area contributed by atoms with E-state index in [9.17, 15) is 9.90 Å². The van der Waals surface area contributed by atoms with Crippen LogP contribution in [0.4, 0.5) is 0 Å². The monoisotopic (exact) mass is 339 g/mol. The molecule has 5 heteroatoms. The summed E-state index contributed by atoms with van der Waals surface area (Å²) in [6.07, 6.45) is 0.748. The molecular weight excluding hydrogens is 326 g/mol. The van der Waals surface area contributed by atoms with Gasteiger partial charge in [-0.15, -0.1) is 11.3 Å². The highest BCUT2D eigenvalue weighted by atomic mass is 79.9. The molecule has 0 aliphatic carbocycles. The Balaban J connectivity index is 1.85. The molecule has 0 fully saturated rings. The lowest BCUT2D eigenvalue weighted by molar-refractivity contribution is 0.0958. The van der Waals surface area contributed by atoms with Gasteiger partial charge in [-0.2, -0.15) is 0 Å². The number of aryl methyl sites for hydroxylation is 1. The molecule has 2 aromatic rings. The van der Waals surface area contributed by atoms with Crippen molar-refractivity contribution in [2.75, 3.05) is 6.54 Å². The number of amides is 1. The summed E-state index contributed by atoms with van der Waals surface area (Å²) in [6, 6.07) is 8.89. The summed E-state index contributed by atoms with van der Waals surface area (Å²) in [5, 5.41) is 12.1. The molecule has 2 rings (SSSR count). The number of phenolic OH excluding ortho intramolecular Hbond substituents is 1. The number of carbonyl (C=O) groups is 1. The van der Waals surface area contributed by atoms with Crippen LogP contribution >= 0.6 is 27.3 Å². The van der Waals surface area contributed by atoms with Crippen LogP contribution in [0.3, 0.4) is 0 Å². The molecule has 0 saturated carbocycles. The van der Waals surface area contributed by atoms with Crippen molar-refractivity contribution in [2.45, 2.75) is 13.3 Å². The average Bonchev–Trinajstić information content (AvgIpc) is 2.72. The quantitative estimate of drug-likeness (QED) is 0.895. The molecule has 0 atom stereocenters. The van der Waals surface area contributed by atoms with Crippen LogP contribution in [0, 0.1) is 6.92 Å². The van der Waals surface area contributed by atoms with Crippen molar-refractivity contribution in [3.63, 3.8) is 0 Å². The summed E-state index contributed by atoms with van der Waals surface area (Å²) >= 11 is 4.85. The van der Waals surface area contributed by atoms with Gasteiger partial charge in [-0.25, -0.2) is 0 Å². The molecule has 19 heavy (non-hydrogen) atoms. The second-order valence-electron chi connectivity index (χ2n) is 4.24. The van der Waals surface area contributed by atoms with Crippen LogP contribution in [0.2, 0.25) is 0 Å². The summed E-state index contributed by atoms with van der Waals surface area (Å²) in [5.74, 6) is 0.212. The average molecular weight is 340 g/mol. The van der Waals surface area contributed by atoms with Crippen molar-refractivity contribution in [2.24, 2.45) is 0 Å². The van der Waals surface area contributed by atoms with E-state index in [0.29, 0.717) is 6.54 Å². The minimum atomic E-state index is -0.0439. The first-order chi connectivity index (χ1) is 9.06. The summed E-state index contributed by atoms with van der Waals surface area (Å²) in [7, 11) is 0. The Bertz CT molecular complexity index is 558. The maximum atomic E-state index is 11.9. The van der Waals surface area contributed by atoms with E-state index in [1.807, 2.05) is 25.1 Å². The lowest BCUT2D eigenvalue weighted by atomic mass is 10.1. The third-order valence-corrected chi connectivity index (χ3v) is 4.85. The third-order valence-electron chi connectivity index (χ3n) is 2.72. The number of aromatic hydroxyl groups is 1. The van der Waals surface area contributed by atoms with Crippen molar-refractivity contribution in [1.29, 1.82) is 0 Å². The van der Waals surface area contributed by atoms with Crippen LogP contribution in [0.5, 0.6) is 5.75 Å². The molecule has 0 radical (unpaired) electrons. The summed E-state index contributed by atoms with van der Waals surface area (Å²) in [6.45, 7) is 2.55. The van der Waals surface area contributed by atoms with E-state index in [2.05, 4.69) is 21.2 Å². The van der Waals surface area contributed by atoms with E-state index in [1.54, 1.807) is 12.1 Å². The fourth-order valence-corrected chi connectivity index (χ4v) is 3.09. The number of phenols is 1. The molecule has 0 aliphatic rings. The highest BCUT2D eigenvalue weighted by Crippen LogP contribution is 2.27. The first-order valence-corrected chi connectivity index (χ1v) is 7.49. The van der Waals surface area contributed by atoms with Gasteiger partial charge in [-0.05, 0) is 58.6 Å². The number of hydrogen-bond donors (Lipinski definition) is 2. The minimum absolute atomic E-state index is 0.0439. The predicted octanol–water partition coefficient (Wildman–Crippen LogP) is 3.50. The Kier molecular flexibility index (Phi) is 4.61. The molecule has 1 heterocycles. The lowest BCUT2D eigenvalue weighted by Gasteiger charge is -2.04. The van der Waals surface area contributed by atoms with Gasteiger partial charge in [0, 0.05) is 6.54 Å². The zero-order chi connectivity index (χ0) is 13.8. The first-order valence-electron chi connectivity index (χ1n) is 5.88. The zero-order valence-electron chi connectivity index (χ0n) is 10.4. The van der Waals surface area contributed by atoms with Crippen LogP contribution in [-0.4, -0.2) is 17.6 Å². The third kappa shape index (κ3) is 3.81. The van der Waals surface area contributed by atoms with Crippen LogP contribution < -0.4 is 5.32 Å². The van der Waals surface area contributed by atoms with Gasteiger partial charge < -0.3 is 10.4 Å².